The molecule has 0 aliphatic heterocycles. The molecule has 21 heavy (non-hydrogen) atoms. The molecular weight excluding hydrogens is 262 g/mol. The van der Waals surface area contributed by atoms with Crippen LogP contribution in [0.2, 0.25) is 0 Å². The van der Waals surface area contributed by atoms with Crippen molar-refractivity contribution in [1.29, 1.82) is 5.26 Å². The Morgan fingerprint density at radius 1 is 1.05 bits per heavy atom. The molecule has 4 heteroatoms. The number of carbonyl (C=O) groups excluding carboxylic acids is 1. The predicted octanol–water partition coefficient (Wildman–Crippen LogP) is 2.85. The molecule has 0 bridgehead atoms. The lowest BCUT2D eigenvalue weighted by Gasteiger charge is -2.13. The number of nitriles is 1. The molecule has 0 saturated carbocycles. The fraction of sp³-hybridized carbons (Fsp3) is 0.176. The van der Waals surface area contributed by atoms with E-state index in [1.165, 1.54) is 11.1 Å². The van der Waals surface area contributed by atoms with Gasteiger partial charge in [0.1, 0.15) is 0 Å². The summed E-state index contributed by atoms with van der Waals surface area (Å²) in [5.41, 5.74) is 3.87. The van der Waals surface area contributed by atoms with Crippen LogP contribution in [0.3, 0.4) is 0 Å². The maximum Gasteiger partial charge on any atom is 0.319 e. The van der Waals surface area contributed by atoms with E-state index in [9.17, 15) is 4.79 Å². The van der Waals surface area contributed by atoms with Crippen molar-refractivity contribution in [1.82, 2.24) is 5.32 Å². The molecule has 2 N–H and O–H groups in total. The minimum Gasteiger partial charge on any atom is -0.334 e. The third-order valence-electron chi connectivity index (χ3n) is 3.66. The third-order valence-corrected chi connectivity index (χ3v) is 3.66. The standard InChI is InChI=1S/C17H15N3O/c18-11-12-5-7-15(8-6-12)19-17(21)20-16-9-13-3-1-2-4-14(13)10-16/h1-8,16H,9-10H2,(H2,19,20,21). The van der Waals surface area contributed by atoms with Gasteiger partial charge in [0, 0.05) is 11.7 Å². The van der Waals surface area contributed by atoms with Crippen molar-refractivity contribution in [2.45, 2.75) is 18.9 Å². The second-order valence-electron chi connectivity index (χ2n) is 5.16. The predicted molar refractivity (Wildman–Crippen MR) is 80.9 cm³/mol. The highest BCUT2D eigenvalue weighted by molar-refractivity contribution is 5.89. The maximum atomic E-state index is 12.0. The number of nitrogens with one attached hydrogen (secondary N) is 2. The first-order valence-corrected chi connectivity index (χ1v) is 6.89. The van der Waals surface area contributed by atoms with Gasteiger partial charge in [-0.25, -0.2) is 4.79 Å². The van der Waals surface area contributed by atoms with E-state index in [2.05, 4.69) is 22.8 Å². The molecule has 104 valence electrons. The Balaban J connectivity index is 1.57. The molecule has 3 rings (SSSR count). The highest BCUT2D eigenvalue weighted by Gasteiger charge is 2.22. The Morgan fingerprint density at radius 3 is 2.24 bits per heavy atom. The van der Waals surface area contributed by atoms with E-state index in [-0.39, 0.29) is 12.1 Å². The summed E-state index contributed by atoms with van der Waals surface area (Å²) in [6.45, 7) is 0. The van der Waals surface area contributed by atoms with Gasteiger partial charge in [-0.1, -0.05) is 24.3 Å². The average Bonchev–Trinajstić information content (AvgIpc) is 2.90. The van der Waals surface area contributed by atoms with Gasteiger partial charge in [0.15, 0.2) is 0 Å². The van der Waals surface area contributed by atoms with Crippen LogP contribution in [0.4, 0.5) is 10.5 Å². The van der Waals surface area contributed by atoms with Gasteiger partial charge in [-0.3, -0.25) is 0 Å². The SMILES string of the molecule is N#Cc1ccc(NC(=O)NC2Cc3ccccc3C2)cc1. The molecule has 0 unspecified atom stereocenters. The van der Waals surface area contributed by atoms with Crippen molar-refractivity contribution in [2.24, 2.45) is 0 Å². The van der Waals surface area contributed by atoms with Gasteiger partial charge in [-0.05, 0) is 48.2 Å². The summed E-state index contributed by atoms with van der Waals surface area (Å²) >= 11 is 0. The molecule has 0 fully saturated rings. The van der Waals surface area contributed by atoms with E-state index in [1.54, 1.807) is 24.3 Å². The molecule has 0 heterocycles. The normalized spacial score (nSPS) is 13.3. The quantitative estimate of drug-likeness (QED) is 0.886. The third kappa shape index (κ3) is 3.03. The zero-order chi connectivity index (χ0) is 14.7. The highest BCUT2D eigenvalue weighted by Crippen LogP contribution is 2.21. The number of carbonyl (C=O) groups is 1. The Hall–Kier alpha value is -2.80. The van der Waals surface area contributed by atoms with Gasteiger partial charge in [-0.15, -0.1) is 0 Å². The van der Waals surface area contributed by atoms with E-state index in [1.807, 2.05) is 18.2 Å². The number of urea groups is 1. The first kappa shape index (κ1) is 13.2. The zero-order valence-corrected chi connectivity index (χ0v) is 11.5. The van der Waals surface area contributed by atoms with Crippen LogP contribution in [0.5, 0.6) is 0 Å². The second kappa shape index (κ2) is 5.68. The van der Waals surface area contributed by atoms with Crippen molar-refractivity contribution in [3.05, 3.63) is 65.2 Å². The lowest BCUT2D eigenvalue weighted by molar-refractivity contribution is 0.249. The lowest BCUT2D eigenvalue weighted by Crippen LogP contribution is -2.38. The van der Waals surface area contributed by atoms with E-state index in [4.69, 9.17) is 5.26 Å². The van der Waals surface area contributed by atoms with Crippen molar-refractivity contribution in [3.63, 3.8) is 0 Å². The van der Waals surface area contributed by atoms with Gasteiger partial charge >= 0.3 is 6.03 Å². The van der Waals surface area contributed by atoms with Crippen LogP contribution < -0.4 is 10.6 Å². The van der Waals surface area contributed by atoms with Crippen molar-refractivity contribution in [2.75, 3.05) is 5.32 Å². The van der Waals surface area contributed by atoms with Crippen molar-refractivity contribution < 1.29 is 4.79 Å². The molecular formula is C17H15N3O. The summed E-state index contributed by atoms with van der Waals surface area (Å²) < 4.78 is 0. The Morgan fingerprint density at radius 2 is 1.67 bits per heavy atom. The van der Waals surface area contributed by atoms with Crippen LogP contribution in [-0.2, 0) is 12.8 Å². The van der Waals surface area contributed by atoms with Gasteiger partial charge in [0.2, 0.25) is 0 Å². The minimum atomic E-state index is -0.211. The fourth-order valence-electron chi connectivity index (χ4n) is 2.64. The maximum absolute atomic E-state index is 12.0. The van der Waals surface area contributed by atoms with Gasteiger partial charge in [0.25, 0.3) is 0 Å². The largest absolute Gasteiger partial charge is 0.334 e. The number of benzene rings is 2. The van der Waals surface area contributed by atoms with Crippen LogP contribution in [0.1, 0.15) is 16.7 Å². The number of fused-ring (bicyclic) bond motifs is 1. The Kier molecular flexibility index (Phi) is 3.57. The Labute approximate surface area is 123 Å². The monoisotopic (exact) mass is 277 g/mol. The molecule has 1 aliphatic rings. The van der Waals surface area contributed by atoms with Gasteiger partial charge in [-0.2, -0.15) is 5.26 Å². The van der Waals surface area contributed by atoms with Crippen LogP contribution in [0, 0.1) is 11.3 Å². The number of rotatable bonds is 2. The highest BCUT2D eigenvalue weighted by atomic mass is 16.2. The first-order valence-electron chi connectivity index (χ1n) is 6.89. The van der Waals surface area contributed by atoms with Crippen LogP contribution in [-0.4, -0.2) is 12.1 Å². The smallest absolute Gasteiger partial charge is 0.319 e. The van der Waals surface area contributed by atoms with Gasteiger partial charge in [0.05, 0.1) is 11.6 Å². The minimum absolute atomic E-state index is 0.140. The van der Waals surface area contributed by atoms with Crippen LogP contribution in [0.15, 0.2) is 48.5 Å². The molecule has 0 aromatic heterocycles. The van der Waals surface area contributed by atoms with E-state index in [0.717, 1.165) is 12.8 Å². The molecule has 2 aromatic carbocycles. The molecule has 4 nitrogen and oxygen atoms in total. The summed E-state index contributed by atoms with van der Waals surface area (Å²) in [5, 5.41) is 14.5. The fourth-order valence-corrected chi connectivity index (χ4v) is 2.64. The molecule has 0 radical (unpaired) electrons. The summed E-state index contributed by atoms with van der Waals surface area (Å²) in [4.78, 5) is 12.0. The van der Waals surface area contributed by atoms with Crippen LogP contribution >= 0.6 is 0 Å². The van der Waals surface area contributed by atoms with E-state index >= 15 is 0 Å². The molecule has 0 saturated heterocycles. The van der Waals surface area contributed by atoms with E-state index in [0.29, 0.717) is 11.3 Å². The molecule has 0 atom stereocenters. The van der Waals surface area contributed by atoms with Crippen LogP contribution in [0.25, 0.3) is 0 Å². The second-order valence-corrected chi connectivity index (χ2v) is 5.16. The number of anilines is 1. The topological polar surface area (TPSA) is 64.9 Å². The number of amides is 2. The Bertz CT molecular complexity index is 676. The number of nitrogens with zero attached hydrogens (tertiary/aromatic N) is 1. The summed E-state index contributed by atoms with van der Waals surface area (Å²) in [6.07, 6.45) is 1.74. The number of hydrogen-bond acceptors (Lipinski definition) is 2. The summed E-state index contributed by atoms with van der Waals surface area (Å²) in [5.74, 6) is 0. The van der Waals surface area contributed by atoms with Crippen molar-refractivity contribution >= 4 is 11.7 Å². The number of hydrogen-bond donors (Lipinski definition) is 2. The molecule has 0 spiro atoms. The lowest BCUT2D eigenvalue weighted by atomic mass is 10.1. The zero-order valence-electron chi connectivity index (χ0n) is 11.5. The summed E-state index contributed by atoms with van der Waals surface area (Å²) in [6, 6.07) is 17.1. The molecule has 2 amide bonds. The molecule has 1 aliphatic carbocycles. The van der Waals surface area contributed by atoms with E-state index < -0.39 is 0 Å². The van der Waals surface area contributed by atoms with Crippen molar-refractivity contribution in [3.8, 4) is 6.07 Å². The molecule has 2 aromatic rings. The average molecular weight is 277 g/mol. The van der Waals surface area contributed by atoms with Gasteiger partial charge < -0.3 is 10.6 Å². The summed E-state index contributed by atoms with van der Waals surface area (Å²) in [7, 11) is 0. The first-order chi connectivity index (χ1) is 10.2.